The number of carboxylic acids is 1. The molecule has 20 heavy (non-hydrogen) atoms. The number of hydrogen-bond acceptors (Lipinski definition) is 4. The minimum atomic E-state index is -3.80. The van der Waals surface area contributed by atoms with E-state index >= 15 is 0 Å². The Bertz CT molecular complexity index is 540. The minimum absolute atomic E-state index is 0.0810. The molecule has 0 spiro atoms. The van der Waals surface area contributed by atoms with Gasteiger partial charge >= 0.3 is 5.97 Å². The van der Waals surface area contributed by atoms with E-state index in [4.69, 9.17) is 5.11 Å². The third-order valence-corrected chi connectivity index (χ3v) is 5.10. The lowest BCUT2D eigenvalue weighted by Crippen LogP contribution is -2.41. The lowest BCUT2D eigenvalue weighted by Gasteiger charge is -2.14. The van der Waals surface area contributed by atoms with Crippen LogP contribution in [0, 0.1) is 6.92 Å². The minimum Gasteiger partial charge on any atom is -0.480 e. The molecule has 112 valence electrons. The van der Waals surface area contributed by atoms with Crippen molar-refractivity contribution in [3.63, 3.8) is 0 Å². The Kier molecular flexibility index (Phi) is 6.51. The van der Waals surface area contributed by atoms with Crippen LogP contribution >= 0.6 is 11.8 Å². The molecule has 7 heteroatoms. The number of benzene rings is 1. The average molecular weight is 317 g/mol. The zero-order valence-electron chi connectivity index (χ0n) is 11.5. The van der Waals surface area contributed by atoms with Crippen LogP contribution in [-0.4, -0.2) is 37.0 Å². The van der Waals surface area contributed by atoms with Crippen molar-refractivity contribution in [3.8, 4) is 0 Å². The van der Waals surface area contributed by atoms with Crippen molar-refractivity contribution in [1.82, 2.24) is 4.72 Å². The zero-order valence-corrected chi connectivity index (χ0v) is 13.1. The van der Waals surface area contributed by atoms with Crippen LogP contribution in [0.25, 0.3) is 0 Å². The van der Waals surface area contributed by atoms with Gasteiger partial charge in [0.05, 0.1) is 4.90 Å². The van der Waals surface area contributed by atoms with Crippen LogP contribution < -0.4 is 4.72 Å². The summed E-state index contributed by atoms with van der Waals surface area (Å²) in [6.07, 6.45) is 0.263. The molecule has 1 rings (SSSR count). The van der Waals surface area contributed by atoms with Crippen molar-refractivity contribution in [2.24, 2.45) is 0 Å². The van der Waals surface area contributed by atoms with Gasteiger partial charge in [0.2, 0.25) is 10.0 Å². The first-order chi connectivity index (χ1) is 9.36. The molecule has 1 aromatic rings. The van der Waals surface area contributed by atoms with Crippen LogP contribution in [0.2, 0.25) is 0 Å². The summed E-state index contributed by atoms with van der Waals surface area (Å²) in [5.41, 5.74) is 0.943. The van der Waals surface area contributed by atoms with Crippen LogP contribution in [0.3, 0.4) is 0 Å². The number of sulfonamides is 1. The fourth-order valence-electron chi connectivity index (χ4n) is 1.55. The summed E-state index contributed by atoms with van der Waals surface area (Å²) in [6.45, 7) is 3.82. The summed E-state index contributed by atoms with van der Waals surface area (Å²) in [7, 11) is -3.80. The maximum atomic E-state index is 12.1. The summed E-state index contributed by atoms with van der Waals surface area (Å²) >= 11 is 1.58. The Balaban J connectivity index is 2.80. The Morgan fingerprint density at radius 2 is 1.95 bits per heavy atom. The van der Waals surface area contributed by atoms with Crippen LogP contribution in [0.5, 0.6) is 0 Å². The molecule has 0 saturated heterocycles. The van der Waals surface area contributed by atoms with Crippen LogP contribution in [0.4, 0.5) is 0 Å². The smallest absolute Gasteiger partial charge is 0.321 e. The standard InChI is InChI=1S/C13H19NO4S2/c1-3-19-9-8-12(13(15)16)14-20(17,18)11-6-4-10(2)5-7-11/h4-7,12,14H,3,8-9H2,1-2H3,(H,15,16). The second kappa shape index (κ2) is 7.66. The maximum absolute atomic E-state index is 12.1. The monoisotopic (exact) mass is 317 g/mol. The van der Waals surface area contributed by atoms with E-state index in [1.54, 1.807) is 23.9 Å². The van der Waals surface area contributed by atoms with Gasteiger partial charge in [-0.2, -0.15) is 16.5 Å². The molecule has 1 aromatic carbocycles. The third kappa shape index (κ3) is 5.15. The molecule has 0 radical (unpaired) electrons. The molecule has 0 heterocycles. The van der Waals surface area contributed by atoms with Crippen molar-refractivity contribution in [2.45, 2.75) is 31.2 Å². The third-order valence-electron chi connectivity index (χ3n) is 2.68. The van der Waals surface area contributed by atoms with Crippen LogP contribution in [-0.2, 0) is 14.8 Å². The molecule has 1 unspecified atom stereocenters. The second-order valence-electron chi connectivity index (χ2n) is 4.31. The Labute approximate surface area is 123 Å². The van der Waals surface area contributed by atoms with Crippen molar-refractivity contribution >= 4 is 27.8 Å². The Hall–Kier alpha value is -1.05. The van der Waals surface area contributed by atoms with Gasteiger partial charge in [-0.25, -0.2) is 8.42 Å². The van der Waals surface area contributed by atoms with Gasteiger partial charge in [0.1, 0.15) is 6.04 Å². The summed E-state index contributed by atoms with van der Waals surface area (Å²) < 4.78 is 26.5. The molecule has 0 aliphatic heterocycles. The highest BCUT2D eigenvalue weighted by Crippen LogP contribution is 2.12. The normalized spacial score (nSPS) is 13.1. The van der Waals surface area contributed by atoms with Crippen molar-refractivity contribution in [1.29, 1.82) is 0 Å². The number of aryl methyl sites for hydroxylation is 1. The van der Waals surface area contributed by atoms with Gasteiger partial charge in [0.15, 0.2) is 0 Å². The van der Waals surface area contributed by atoms with E-state index < -0.39 is 22.0 Å². The number of carboxylic acid groups (broad SMARTS) is 1. The topological polar surface area (TPSA) is 83.5 Å². The maximum Gasteiger partial charge on any atom is 0.321 e. The first kappa shape index (κ1) is 17.0. The SMILES string of the molecule is CCSCCC(NS(=O)(=O)c1ccc(C)cc1)C(=O)O. The van der Waals surface area contributed by atoms with Crippen LogP contribution in [0.15, 0.2) is 29.2 Å². The molecular weight excluding hydrogens is 298 g/mol. The quantitative estimate of drug-likeness (QED) is 0.715. The summed E-state index contributed by atoms with van der Waals surface area (Å²) in [5, 5.41) is 9.09. The fourth-order valence-corrected chi connectivity index (χ4v) is 3.47. The van der Waals surface area contributed by atoms with E-state index in [-0.39, 0.29) is 11.3 Å². The lowest BCUT2D eigenvalue weighted by atomic mass is 10.2. The molecule has 0 aromatic heterocycles. The predicted octanol–water partition coefficient (Wildman–Crippen LogP) is 1.87. The van der Waals surface area contributed by atoms with Gasteiger partial charge in [0.25, 0.3) is 0 Å². The van der Waals surface area contributed by atoms with Gasteiger partial charge < -0.3 is 5.11 Å². The van der Waals surface area contributed by atoms with Gasteiger partial charge in [-0.3, -0.25) is 4.79 Å². The van der Waals surface area contributed by atoms with Gasteiger partial charge in [-0.15, -0.1) is 0 Å². The number of thioether (sulfide) groups is 1. The number of hydrogen-bond donors (Lipinski definition) is 2. The highest BCUT2D eigenvalue weighted by atomic mass is 32.2. The molecule has 0 saturated carbocycles. The van der Waals surface area contributed by atoms with Crippen LogP contribution in [0.1, 0.15) is 18.9 Å². The van der Waals surface area contributed by atoms with E-state index in [1.807, 2.05) is 13.8 Å². The van der Waals surface area contributed by atoms with E-state index in [0.29, 0.717) is 5.75 Å². The summed E-state index contributed by atoms with van der Waals surface area (Å²) in [6, 6.07) is 5.20. The first-order valence-corrected chi connectivity index (χ1v) is 8.90. The molecule has 0 aliphatic rings. The number of nitrogens with one attached hydrogen (secondary N) is 1. The lowest BCUT2D eigenvalue weighted by molar-refractivity contribution is -0.139. The highest BCUT2D eigenvalue weighted by molar-refractivity contribution is 7.99. The second-order valence-corrected chi connectivity index (χ2v) is 7.42. The molecule has 0 aliphatic carbocycles. The summed E-state index contributed by atoms with van der Waals surface area (Å²) in [5.74, 6) is 0.318. The zero-order chi connectivity index (χ0) is 15.2. The number of carbonyl (C=O) groups is 1. The molecular formula is C13H19NO4S2. The molecule has 0 fully saturated rings. The molecule has 5 nitrogen and oxygen atoms in total. The predicted molar refractivity (Wildman–Crippen MR) is 80.5 cm³/mol. The highest BCUT2D eigenvalue weighted by Gasteiger charge is 2.24. The van der Waals surface area contributed by atoms with Gasteiger partial charge in [-0.05, 0) is 37.0 Å². The summed E-state index contributed by atoms with van der Waals surface area (Å²) in [4.78, 5) is 11.2. The Morgan fingerprint density at radius 3 is 2.45 bits per heavy atom. The Morgan fingerprint density at radius 1 is 1.35 bits per heavy atom. The van der Waals surface area contributed by atoms with Crippen molar-refractivity contribution in [3.05, 3.63) is 29.8 Å². The largest absolute Gasteiger partial charge is 0.480 e. The van der Waals surface area contributed by atoms with Crippen molar-refractivity contribution < 1.29 is 18.3 Å². The fraction of sp³-hybridized carbons (Fsp3) is 0.462. The molecule has 0 amide bonds. The van der Waals surface area contributed by atoms with E-state index in [9.17, 15) is 13.2 Å². The number of aliphatic carboxylic acids is 1. The van der Waals surface area contributed by atoms with Crippen molar-refractivity contribution in [2.75, 3.05) is 11.5 Å². The molecule has 2 N–H and O–H groups in total. The van der Waals surface area contributed by atoms with Gasteiger partial charge in [0, 0.05) is 0 Å². The average Bonchev–Trinajstić information content (AvgIpc) is 2.38. The first-order valence-electron chi connectivity index (χ1n) is 6.26. The van der Waals surface area contributed by atoms with Gasteiger partial charge in [-0.1, -0.05) is 24.6 Å². The molecule has 1 atom stereocenters. The van der Waals surface area contributed by atoms with E-state index in [0.717, 1.165) is 11.3 Å². The van der Waals surface area contributed by atoms with E-state index in [1.165, 1.54) is 12.1 Å². The van der Waals surface area contributed by atoms with E-state index in [2.05, 4.69) is 4.72 Å². The number of rotatable bonds is 8. The molecule has 0 bridgehead atoms.